The van der Waals surface area contributed by atoms with Crippen LogP contribution in [-0.2, 0) is 14.4 Å². The van der Waals surface area contributed by atoms with Gasteiger partial charge in [0.05, 0.1) is 25.3 Å². The number of rotatable bonds is 10. The Balaban J connectivity index is 2.17. The lowest BCUT2D eigenvalue weighted by Crippen LogP contribution is -2.35. The van der Waals surface area contributed by atoms with Crippen LogP contribution in [-0.4, -0.2) is 73.5 Å². The molecule has 9 heteroatoms. The van der Waals surface area contributed by atoms with Gasteiger partial charge in [-0.1, -0.05) is 25.1 Å². The summed E-state index contributed by atoms with van der Waals surface area (Å²) in [6.07, 6.45) is 0.815. The standard InChI is InChI=1S/C27H32N2O7/c1-6-14-35-20-9-7-8-19(15-20)25(31)23-24(29(13-12-28(3)4)27(33)26(23)32)18-10-11-21(34-5)22(16-18)36-17(2)30/h7-11,15-16,24,31H,6,12-14H2,1-5H3/b25-23-. The molecule has 1 unspecified atom stereocenters. The molecule has 0 bridgehead atoms. The van der Waals surface area contributed by atoms with Crippen molar-refractivity contribution >= 4 is 23.4 Å². The molecule has 0 radical (unpaired) electrons. The summed E-state index contributed by atoms with van der Waals surface area (Å²) in [6.45, 7) is 4.50. The van der Waals surface area contributed by atoms with Crippen LogP contribution in [0.5, 0.6) is 17.2 Å². The van der Waals surface area contributed by atoms with E-state index >= 15 is 0 Å². The van der Waals surface area contributed by atoms with Crippen LogP contribution in [0.2, 0.25) is 0 Å². The fraction of sp³-hybridized carbons (Fsp3) is 0.370. The zero-order valence-electron chi connectivity index (χ0n) is 21.2. The first-order valence-corrected chi connectivity index (χ1v) is 11.7. The minimum absolute atomic E-state index is 0.0506. The summed E-state index contributed by atoms with van der Waals surface area (Å²) in [5.41, 5.74) is 0.795. The lowest BCUT2D eigenvalue weighted by atomic mass is 9.95. The molecule has 1 heterocycles. The predicted molar refractivity (Wildman–Crippen MR) is 134 cm³/mol. The van der Waals surface area contributed by atoms with Crippen molar-refractivity contribution in [3.8, 4) is 17.2 Å². The van der Waals surface area contributed by atoms with Gasteiger partial charge >= 0.3 is 5.97 Å². The van der Waals surface area contributed by atoms with Crippen LogP contribution in [0.25, 0.3) is 5.76 Å². The molecule has 0 aliphatic carbocycles. The van der Waals surface area contributed by atoms with Gasteiger partial charge in [0.2, 0.25) is 0 Å². The quantitative estimate of drug-likeness (QED) is 0.175. The number of aliphatic hydroxyl groups excluding tert-OH is 1. The molecule has 0 saturated carbocycles. The first-order valence-electron chi connectivity index (χ1n) is 11.7. The summed E-state index contributed by atoms with van der Waals surface area (Å²) in [5.74, 6) is -1.35. The first kappa shape index (κ1) is 26.7. The van der Waals surface area contributed by atoms with Crippen molar-refractivity contribution in [2.45, 2.75) is 26.3 Å². The van der Waals surface area contributed by atoms with Gasteiger partial charge < -0.3 is 29.1 Å². The lowest BCUT2D eigenvalue weighted by Gasteiger charge is -2.27. The molecule has 1 saturated heterocycles. The van der Waals surface area contributed by atoms with E-state index in [9.17, 15) is 19.5 Å². The molecule has 0 aromatic heterocycles. The second kappa shape index (κ2) is 11.7. The maximum atomic E-state index is 13.2. The van der Waals surface area contributed by atoms with E-state index in [0.29, 0.717) is 35.8 Å². The van der Waals surface area contributed by atoms with Crippen LogP contribution in [0.4, 0.5) is 0 Å². The molecule has 2 aromatic carbocycles. The molecule has 1 N–H and O–H groups in total. The number of aliphatic hydroxyl groups is 1. The maximum Gasteiger partial charge on any atom is 0.308 e. The molecule has 3 rings (SSSR count). The smallest absolute Gasteiger partial charge is 0.308 e. The Morgan fingerprint density at radius 3 is 2.50 bits per heavy atom. The van der Waals surface area contributed by atoms with Gasteiger partial charge in [0.25, 0.3) is 11.7 Å². The second-order valence-electron chi connectivity index (χ2n) is 8.68. The fourth-order valence-electron chi connectivity index (χ4n) is 3.97. The highest BCUT2D eigenvalue weighted by atomic mass is 16.6. The van der Waals surface area contributed by atoms with Gasteiger partial charge in [-0.25, -0.2) is 0 Å². The number of hydrogen-bond donors (Lipinski definition) is 1. The molecule has 9 nitrogen and oxygen atoms in total. The summed E-state index contributed by atoms with van der Waals surface area (Å²) in [4.78, 5) is 41.3. The highest BCUT2D eigenvalue weighted by Crippen LogP contribution is 2.42. The van der Waals surface area contributed by atoms with E-state index in [-0.39, 0.29) is 23.6 Å². The minimum atomic E-state index is -0.898. The minimum Gasteiger partial charge on any atom is -0.507 e. The van der Waals surface area contributed by atoms with Crippen molar-refractivity contribution in [1.82, 2.24) is 9.80 Å². The van der Waals surface area contributed by atoms with Crippen LogP contribution in [0.3, 0.4) is 0 Å². The Bertz CT molecular complexity index is 1170. The fourth-order valence-corrected chi connectivity index (χ4v) is 3.97. The highest BCUT2D eigenvalue weighted by Gasteiger charge is 2.46. The Labute approximate surface area is 210 Å². The van der Waals surface area contributed by atoms with Crippen LogP contribution in [0.1, 0.15) is 37.4 Å². The van der Waals surface area contributed by atoms with Crippen molar-refractivity contribution in [2.75, 3.05) is 40.9 Å². The summed E-state index contributed by atoms with van der Waals surface area (Å²) in [6, 6.07) is 10.7. The molecule has 192 valence electrons. The van der Waals surface area contributed by atoms with Crippen molar-refractivity contribution < 1.29 is 33.7 Å². The van der Waals surface area contributed by atoms with E-state index < -0.39 is 23.7 Å². The zero-order valence-corrected chi connectivity index (χ0v) is 21.2. The molecule has 1 amide bonds. The summed E-state index contributed by atoms with van der Waals surface area (Å²) < 4.78 is 16.3. The molecular formula is C27H32N2O7. The topological polar surface area (TPSA) is 106 Å². The van der Waals surface area contributed by atoms with Crippen molar-refractivity contribution in [3.63, 3.8) is 0 Å². The number of carbonyl (C=O) groups excluding carboxylic acids is 3. The van der Waals surface area contributed by atoms with Gasteiger partial charge in [-0.15, -0.1) is 0 Å². The number of amides is 1. The average molecular weight is 497 g/mol. The second-order valence-corrected chi connectivity index (χ2v) is 8.68. The Morgan fingerprint density at radius 1 is 1.11 bits per heavy atom. The maximum absolute atomic E-state index is 13.2. The molecule has 0 spiro atoms. The SMILES string of the molecule is CCCOc1cccc(/C(O)=C2/C(=O)C(=O)N(CCN(C)C)C2c2ccc(OC)c(OC(C)=O)c2)c1. The van der Waals surface area contributed by atoms with Gasteiger partial charge in [-0.2, -0.15) is 0 Å². The number of nitrogens with zero attached hydrogens (tertiary/aromatic N) is 2. The third-order valence-electron chi connectivity index (χ3n) is 5.67. The molecule has 2 aromatic rings. The van der Waals surface area contributed by atoms with E-state index in [1.807, 2.05) is 25.9 Å². The highest BCUT2D eigenvalue weighted by molar-refractivity contribution is 6.46. The third kappa shape index (κ3) is 5.85. The van der Waals surface area contributed by atoms with Crippen LogP contribution in [0, 0.1) is 0 Å². The van der Waals surface area contributed by atoms with E-state index in [0.717, 1.165) is 6.42 Å². The van der Waals surface area contributed by atoms with Gasteiger partial charge in [-0.05, 0) is 50.3 Å². The number of benzene rings is 2. The summed E-state index contributed by atoms with van der Waals surface area (Å²) in [7, 11) is 5.16. The summed E-state index contributed by atoms with van der Waals surface area (Å²) >= 11 is 0. The van der Waals surface area contributed by atoms with Crippen LogP contribution < -0.4 is 14.2 Å². The molecule has 1 atom stereocenters. The van der Waals surface area contributed by atoms with E-state index in [4.69, 9.17) is 14.2 Å². The number of carbonyl (C=O) groups is 3. The number of hydrogen-bond acceptors (Lipinski definition) is 8. The predicted octanol–water partition coefficient (Wildman–Crippen LogP) is 3.39. The number of methoxy groups -OCH3 is 1. The number of likely N-dealkylation sites (N-methyl/N-ethyl adjacent to an activating group) is 1. The van der Waals surface area contributed by atoms with E-state index in [1.54, 1.807) is 42.5 Å². The molecule has 1 aliphatic rings. The Kier molecular flexibility index (Phi) is 8.71. The Hall–Kier alpha value is -3.85. The average Bonchev–Trinajstić information content (AvgIpc) is 3.10. The first-order chi connectivity index (χ1) is 17.2. The zero-order chi connectivity index (χ0) is 26.4. The monoisotopic (exact) mass is 496 g/mol. The van der Waals surface area contributed by atoms with Crippen molar-refractivity contribution in [2.24, 2.45) is 0 Å². The summed E-state index contributed by atoms with van der Waals surface area (Å²) in [5, 5.41) is 11.3. The van der Waals surface area contributed by atoms with Crippen molar-refractivity contribution in [1.29, 1.82) is 0 Å². The Morgan fingerprint density at radius 2 is 1.86 bits per heavy atom. The number of ketones is 1. The van der Waals surface area contributed by atoms with Gasteiger partial charge in [0.15, 0.2) is 11.5 Å². The van der Waals surface area contributed by atoms with Gasteiger partial charge in [0, 0.05) is 25.6 Å². The number of likely N-dealkylation sites (tertiary alicyclic amines) is 1. The van der Waals surface area contributed by atoms with E-state index in [2.05, 4.69) is 0 Å². The molecular weight excluding hydrogens is 464 g/mol. The van der Waals surface area contributed by atoms with Crippen LogP contribution in [0.15, 0.2) is 48.0 Å². The largest absolute Gasteiger partial charge is 0.507 e. The lowest BCUT2D eigenvalue weighted by molar-refractivity contribution is -0.140. The molecule has 1 aliphatic heterocycles. The van der Waals surface area contributed by atoms with E-state index in [1.165, 1.54) is 18.9 Å². The van der Waals surface area contributed by atoms with Crippen molar-refractivity contribution in [3.05, 3.63) is 59.2 Å². The van der Waals surface area contributed by atoms with Crippen LogP contribution >= 0.6 is 0 Å². The number of esters is 1. The molecule has 36 heavy (non-hydrogen) atoms. The normalized spacial score (nSPS) is 16.9. The number of Topliss-reactive ketones (excluding diaryl/α,β-unsaturated/α-hetero) is 1. The third-order valence-corrected chi connectivity index (χ3v) is 5.67. The van der Waals surface area contributed by atoms with Gasteiger partial charge in [0.1, 0.15) is 11.5 Å². The molecule has 1 fully saturated rings. The van der Waals surface area contributed by atoms with Gasteiger partial charge in [-0.3, -0.25) is 14.4 Å². The number of ether oxygens (including phenoxy) is 3.